The van der Waals surface area contributed by atoms with Crippen LogP contribution >= 0.6 is 0 Å². The molecule has 2 heterocycles. The largest absolute Gasteiger partial charge is 0.340 e. The van der Waals surface area contributed by atoms with Crippen molar-refractivity contribution in [1.82, 2.24) is 15.0 Å². The fourth-order valence-corrected chi connectivity index (χ4v) is 3.97. The number of carbonyl (C=O) groups is 1. The number of likely N-dealkylation sites (tertiary alicyclic amines) is 1. The molecule has 0 bridgehead atoms. The Labute approximate surface area is 135 Å². The first kappa shape index (κ1) is 14.4. The molecule has 2 atom stereocenters. The Morgan fingerprint density at radius 3 is 3.04 bits per heavy atom. The molecule has 0 unspecified atom stereocenters. The van der Waals surface area contributed by atoms with Crippen LogP contribution < -0.4 is 0 Å². The molecule has 2 aromatic rings. The van der Waals surface area contributed by atoms with Gasteiger partial charge >= 0.3 is 0 Å². The Kier molecular flexibility index (Phi) is 3.63. The third kappa shape index (κ3) is 2.64. The van der Waals surface area contributed by atoms with Crippen LogP contribution in [0.1, 0.15) is 60.5 Å². The number of nitrogens with zero attached hydrogens (tertiary/aromatic N) is 3. The average Bonchev–Trinajstić information content (AvgIpc) is 3.26. The molecule has 1 aromatic heterocycles. The van der Waals surface area contributed by atoms with Crippen molar-refractivity contribution in [2.24, 2.45) is 0 Å². The summed E-state index contributed by atoms with van der Waals surface area (Å²) in [7, 11) is 0. The second-order valence-electron chi connectivity index (χ2n) is 6.56. The van der Waals surface area contributed by atoms with Crippen molar-refractivity contribution in [3.05, 3.63) is 47.1 Å². The number of rotatable bonds is 3. The lowest BCUT2D eigenvalue weighted by atomic mass is 9.97. The van der Waals surface area contributed by atoms with Gasteiger partial charge in [-0.05, 0) is 42.7 Å². The zero-order valence-electron chi connectivity index (χ0n) is 13.4. The number of hydrogen-bond donors (Lipinski definition) is 0. The number of hydrogen-bond acceptors (Lipinski definition) is 4. The Hall–Kier alpha value is -2.17. The standard InChI is InChI=1S/C18H21N3O2/c1-12-19-18(20-23-12)16-7-4-10-21(16)17(22)11-14-9-8-13-5-2-3-6-15(13)14/h2-3,5-6,14,16H,4,7-11H2,1H3/t14-,16+/m1/s1. The Morgan fingerprint density at radius 1 is 1.35 bits per heavy atom. The smallest absolute Gasteiger partial charge is 0.223 e. The van der Waals surface area contributed by atoms with Crippen molar-refractivity contribution >= 4 is 5.91 Å². The molecule has 1 aromatic carbocycles. The third-order valence-corrected chi connectivity index (χ3v) is 5.09. The van der Waals surface area contributed by atoms with E-state index in [4.69, 9.17) is 4.52 Å². The minimum atomic E-state index is -0.0170. The van der Waals surface area contributed by atoms with Crippen molar-refractivity contribution in [2.45, 2.75) is 51.0 Å². The normalized spacial score (nSPS) is 23.3. The van der Waals surface area contributed by atoms with Crippen molar-refractivity contribution in [2.75, 3.05) is 6.54 Å². The molecule has 0 radical (unpaired) electrons. The van der Waals surface area contributed by atoms with Crippen LogP contribution in [0.4, 0.5) is 0 Å². The quantitative estimate of drug-likeness (QED) is 0.873. The summed E-state index contributed by atoms with van der Waals surface area (Å²) in [4.78, 5) is 19.1. The topological polar surface area (TPSA) is 59.2 Å². The highest BCUT2D eigenvalue weighted by atomic mass is 16.5. The van der Waals surface area contributed by atoms with Crippen LogP contribution in [-0.2, 0) is 11.2 Å². The van der Waals surface area contributed by atoms with E-state index in [2.05, 4.69) is 34.4 Å². The molecule has 5 heteroatoms. The van der Waals surface area contributed by atoms with Crippen LogP contribution in [0.15, 0.2) is 28.8 Å². The molecule has 4 rings (SSSR count). The van der Waals surface area contributed by atoms with Crippen molar-refractivity contribution < 1.29 is 9.32 Å². The molecule has 0 spiro atoms. The van der Waals surface area contributed by atoms with Gasteiger partial charge in [0.25, 0.3) is 0 Å². The Balaban J connectivity index is 1.49. The van der Waals surface area contributed by atoms with E-state index in [0.29, 0.717) is 24.1 Å². The van der Waals surface area contributed by atoms with Gasteiger partial charge in [0.15, 0.2) is 5.82 Å². The second kappa shape index (κ2) is 5.80. The number of aryl methyl sites for hydroxylation is 2. The molecule has 5 nitrogen and oxygen atoms in total. The summed E-state index contributed by atoms with van der Waals surface area (Å²) in [5, 5.41) is 4.02. The molecular formula is C18H21N3O2. The molecule has 1 aliphatic heterocycles. The molecule has 1 fully saturated rings. The van der Waals surface area contributed by atoms with Gasteiger partial charge in [-0.3, -0.25) is 4.79 Å². The molecule has 120 valence electrons. The van der Waals surface area contributed by atoms with Gasteiger partial charge in [-0.15, -0.1) is 0 Å². The van der Waals surface area contributed by atoms with Gasteiger partial charge in [0.1, 0.15) is 0 Å². The number of aromatic nitrogens is 2. The minimum absolute atomic E-state index is 0.0170. The maximum absolute atomic E-state index is 12.8. The lowest BCUT2D eigenvalue weighted by Gasteiger charge is -2.24. The van der Waals surface area contributed by atoms with Gasteiger partial charge in [0, 0.05) is 19.9 Å². The van der Waals surface area contributed by atoms with E-state index < -0.39 is 0 Å². The predicted octanol–water partition coefficient (Wildman–Crippen LogP) is 3.16. The predicted molar refractivity (Wildman–Crippen MR) is 84.8 cm³/mol. The minimum Gasteiger partial charge on any atom is -0.340 e. The van der Waals surface area contributed by atoms with Gasteiger partial charge in [0.2, 0.25) is 11.8 Å². The monoisotopic (exact) mass is 311 g/mol. The molecule has 1 saturated heterocycles. The summed E-state index contributed by atoms with van der Waals surface area (Å²) in [5.74, 6) is 1.79. The molecule has 2 aliphatic rings. The lowest BCUT2D eigenvalue weighted by Crippen LogP contribution is -2.31. The molecule has 23 heavy (non-hydrogen) atoms. The highest BCUT2D eigenvalue weighted by Gasteiger charge is 2.35. The van der Waals surface area contributed by atoms with E-state index in [1.54, 1.807) is 6.92 Å². The zero-order chi connectivity index (χ0) is 15.8. The summed E-state index contributed by atoms with van der Waals surface area (Å²) in [6, 6.07) is 8.49. The van der Waals surface area contributed by atoms with E-state index in [1.807, 2.05) is 4.90 Å². The van der Waals surface area contributed by atoms with Crippen LogP contribution in [-0.4, -0.2) is 27.5 Å². The lowest BCUT2D eigenvalue weighted by molar-refractivity contribution is -0.132. The molecule has 0 N–H and O–H groups in total. The van der Waals surface area contributed by atoms with Gasteiger partial charge in [-0.1, -0.05) is 29.4 Å². The van der Waals surface area contributed by atoms with E-state index >= 15 is 0 Å². The maximum atomic E-state index is 12.8. The molecule has 1 amide bonds. The third-order valence-electron chi connectivity index (χ3n) is 5.09. The molecule has 1 aliphatic carbocycles. The SMILES string of the molecule is Cc1nc([C@@H]2CCCN2C(=O)C[C@H]2CCc3ccccc32)no1. The number of fused-ring (bicyclic) bond motifs is 1. The Morgan fingerprint density at radius 2 is 2.22 bits per heavy atom. The van der Waals surface area contributed by atoms with Crippen molar-refractivity contribution in [3.8, 4) is 0 Å². The van der Waals surface area contributed by atoms with Crippen LogP contribution in [0.3, 0.4) is 0 Å². The van der Waals surface area contributed by atoms with Gasteiger partial charge in [-0.2, -0.15) is 4.98 Å². The first-order valence-electron chi connectivity index (χ1n) is 8.40. The van der Waals surface area contributed by atoms with Gasteiger partial charge in [-0.25, -0.2) is 0 Å². The zero-order valence-corrected chi connectivity index (χ0v) is 13.4. The van der Waals surface area contributed by atoms with E-state index in [1.165, 1.54) is 11.1 Å². The summed E-state index contributed by atoms with van der Waals surface area (Å²) in [6.07, 6.45) is 4.67. The van der Waals surface area contributed by atoms with Crippen molar-refractivity contribution in [3.63, 3.8) is 0 Å². The van der Waals surface area contributed by atoms with Gasteiger partial charge < -0.3 is 9.42 Å². The second-order valence-corrected chi connectivity index (χ2v) is 6.56. The van der Waals surface area contributed by atoms with Crippen LogP contribution in [0.2, 0.25) is 0 Å². The fraction of sp³-hybridized carbons (Fsp3) is 0.500. The van der Waals surface area contributed by atoms with E-state index in [0.717, 1.165) is 32.2 Å². The summed E-state index contributed by atoms with van der Waals surface area (Å²) in [6.45, 7) is 2.58. The van der Waals surface area contributed by atoms with Gasteiger partial charge in [0.05, 0.1) is 6.04 Å². The summed E-state index contributed by atoms with van der Waals surface area (Å²) >= 11 is 0. The first-order valence-corrected chi connectivity index (χ1v) is 8.40. The van der Waals surface area contributed by atoms with Crippen LogP contribution in [0.25, 0.3) is 0 Å². The highest BCUT2D eigenvalue weighted by molar-refractivity contribution is 5.78. The van der Waals surface area contributed by atoms with Crippen LogP contribution in [0, 0.1) is 6.92 Å². The number of benzene rings is 1. The number of carbonyl (C=O) groups excluding carboxylic acids is 1. The molecular weight excluding hydrogens is 290 g/mol. The fourth-order valence-electron chi connectivity index (χ4n) is 3.97. The average molecular weight is 311 g/mol. The van der Waals surface area contributed by atoms with Crippen LogP contribution in [0.5, 0.6) is 0 Å². The Bertz CT molecular complexity index is 725. The first-order chi connectivity index (χ1) is 11.2. The van der Waals surface area contributed by atoms with E-state index in [9.17, 15) is 4.79 Å². The summed E-state index contributed by atoms with van der Waals surface area (Å²) in [5.41, 5.74) is 2.75. The number of amides is 1. The summed E-state index contributed by atoms with van der Waals surface area (Å²) < 4.78 is 5.09. The van der Waals surface area contributed by atoms with E-state index in [-0.39, 0.29) is 11.9 Å². The molecule has 0 saturated carbocycles. The maximum Gasteiger partial charge on any atom is 0.223 e. The highest BCUT2D eigenvalue weighted by Crippen LogP contribution is 2.37. The van der Waals surface area contributed by atoms with Crippen molar-refractivity contribution in [1.29, 1.82) is 0 Å².